The van der Waals surface area contributed by atoms with Crippen LogP contribution in [0.1, 0.15) is 24.5 Å². The van der Waals surface area contributed by atoms with Gasteiger partial charge in [0.25, 0.3) is 0 Å². The molecular weight excluding hydrogens is 214 g/mol. The number of carbonyl (C=O) groups is 1. The maximum Gasteiger partial charge on any atom is 0.306 e. The van der Waals surface area contributed by atoms with Gasteiger partial charge in [0.1, 0.15) is 0 Å². The quantitative estimate of drug-likeness (QED) is 0.735. The molecule has 1 rings (SSSR count). The van der Waals surface area contributed by atoms with E-state index in [2.05, 4.69) is 24.0 Å². The van der Waals surface area contributed by atoms with Crippen molar-refractivity contribution in [3.05, 3.63) is 29.3 Å². The van der Waals surface area contributed by atoms with Crippen LogP contribution in [0, 0.1) is 6.92 Å². The second-order valence-electron chi connectivity index (χ2n) is 4.26. The first kappa shape index (κ1) is 13.6. The third kappa shape index (κ3) is 3.77. The largest absolute Gasteiger partial charge is 0.466 e. The standard InChI is InChI=1S/C14H21NO2/c1-5-17-14(16)10-9-12-7-6-8-13(11(12)2)15(3)4/h6-8H,5,9-10H2,1-4H3. The number of esters is 1. The van der Waals surface area contributed by atoms with Crippen molar-refractivity contribution in [2.75, 3.05) is 25.6 Å². The van der Waals surface area contributed by atoms with Gasteiger partial charge in [0, 0.05) is 26.2 Å². The molecule has 94 valence electrons. The van der Waals surface area contributed by atoms with Crippen molar-refractivity contribution in [1.82, 2.24) is 0 Å². The first-order chi connectivity index (χ1) is 8.06. The molecule has 0 aromatic heterocycles. The monoisotopic (exact) mass is 235 g/mol. The van der Waals surface area contributed by atoms with Crippen molar-refractivity contribution in [3.8, 4) is 0 Å². The van der Waals surface area contributed by atoms with E-state index in [0.717, 1.165) is 6.42 Å². The highest BCUT2D eigenvalue weighted by Gasteiger charge is 2.08. The molecule has 0 heterocycles. The minimum Gasteiger partial charge on any atom is -0.466 e. The fourth-order valence-corrected chi connectivity index (χ4v) is 1.90. The summed E-state index contributed by atoms with van der Waals surface area (Å²) in [5.74, 6) is -0.123. The molecule has 1 aromatic rings. The van der Waals surface area contributed by atoms with E-state index in [0.29, 0.717) is 13.0 Å². The van der Waals surface area contributed by atoms with Gasteiger partial charge in [0.2, 0.25) is 0 Å². The highest BCUT2D eigenvalue weighted by Crippen LogP contribution is 2.22. The third-order valence-electron chi connectivity index (χ3n) is 2.80. The number of hydrogen-bond acceptors (Lipinski definition) is 3. The summed E-state index contributed by atoms with van der Waals surface area (Å²) in [6.45, 7) is 4.38. The Hall–Kier alpha value is -1.51. The highest BCUT2D eigenvalue weighted by atomic mass is 16.5. The van der Waals surface area contributed by atoms with Crippen molar-refractivity contribution < 1.29 is 9.53 Å². The van der Waals surface area contributed by atoms with E-state index in [4.69, 9.17) is 4.74 Å². The average Bonchev–Trinajstić information content (AvgIpc) is 2.27. The van der Waals surface area contributed by atoms with Crippen LogP contribution in [0.15, 0.2) is 18.2 Å². The molecule has 0 saturated carbocycles. The van der Waals surface area contributed by atoms with Crippen LogP contribution in [0.5, 0.6) is 0 Å². The zero-order valence-corrected chi connectivity index (χ0v) is 11.1. The van der Waals surface area contributed by atoms with Gasteiger partial charge >= 0.3 is 5.97 Å². The molecular formula is C14H21NO2. The van der Waals surface area contributed by atoms with E-state index < -0.39 is 0 Å². The van der Waals surface area contributed by atoms with Crippen molar-refractivity contribution >= 4 is 11.7 Å². The van der Waals surface area contributed by atoms with E-state index in [1.807, 2.05) is 27.1 Å². The van der Waals surface area contributed by atoms with E-state index in [9.17, 15) is 4.79 Å². The van der Waals surface area contributed by atoms with Crippen molar-refractivity contribution in [1.29, 1.82) is 0 Å². The Morgan fingerprint density at radius 1 is 1.35 bits per heavy atom. The lowest BCUT2D eigenvalue weighted by Crippen LogP contribution is -2.12. The van der Waals surface area contributed by atoms with Crippen LogP contribution >= 0.6 is 0 Å². The van der Waals surface area contributed by atoms with Gasteiger partial charge in [-0.25, -0.2) is 0 Å². The number of carbonyl (C=O) groups excluding carboxylic acids is 1. The van der Waals surface area contributed by atoms with Gasteiger partial charge in [-0.05, 0) is 37.5 Å². The Bertz CT molecular complexity index is 386. The number of rotatable bonds is 5. The van der Waals surface area contributed by atoms with Crippen LogP contribution in [-0.2, 0) is 16.0 Å². The summed E-state index contributed by atoms with van der Waals surface area (Å²) in [5, 5.41) is 0. The Morgan fingerprint density at radius 3 is 2.65 bits per heavy atom. The first-order valence-corrected chi connectivity index (χ1v) is 5.97. The summed E-state index contributed by atoms with van der Waals surface area (Å²) < 4.78 is 4.93. The number of ether oxygens (including phenoxy) is 1. The zero-order valence-electron chi connectivity index (χ0n) is 11.1. The van der Waals surface area contributed by atoms with Gasteiger partial charge in [-0.3, -0.25) is 4.79 Å². The van der Waals surface area contributed by atoms with E-state index >= 15 is 0 Å². The molecule has 0 spiro atoms. The molecule has 3 nitrogen and oxygen atoms in total. The lowest BCUT2D eigenvalue weighted by atomic mass is 10.0. The summed E-state index contributed by atoms with van der Waals surface area (Å²) in [7, 11) is 4.05. The number of anilines is 1. The maximum atomic E-state index is 11.3. The number of hydrogen-bond donors (Lipinski definition) is 0. The van der Waals surface area contributed by atoms with Gasteiger partial charge in [-0.15, -0.1) is 0 Å². The second kappa shape index (κ2) is 6.28. The van der Waals surface area contributed by atoms with Crippen LogP contribution in [0.4, 0.5) is 5.69 Å². The first-order valence-electron chi connectivity index (χ1n) is 5.97. The van der Waals surface area contributed by atoms with Gasteiger partial charge in [-0.2, -0.15) is 0 Å². The van der Waals surface area contributed by atoms with E-state index in [-0.39, 0.29) is 5.97 Å². The summed E-state index contributed by atoms with van der Waals surface area (Å²) in [6, 6.07) is 6.19. The Kier molecular flexibility index (Phi) is 5.01. The van der Waals surface area contributed by atoms with Crippen molar-refractivity contribution in [2.45, 2.75) is 26.7 Å². The maximum absolute atomic E-state index is 11.3. The SMILES string of the molecule is CCOC(=O)CCc1cccc(N(C)C)c1C. The summed E-state index contributed by atoms with van der Waals surface area (Å²) in [4.78, 5) is 13.4. The van der Waals surface area contributed by atoms with Crippen molar-refractivity contribution in [2.24, 2.45) is 0 Å². The number of benzene rings is 1. The molecule has 0 aliphatic carbocycles. The van der Waals surface area contributed by atoms with E-state index in [1.165, 1.54) is 16.8 Å². The van der Waals surface area contributed by atoms with Gasteiger partial charge < -0.3 is 9.64 Å². The van der Waals surface area contributed by atoms with Crippen LogP contribution in [0.3, 0.4) is 0 Å². The Morgan fingerprint density at radius 2 is 2.06 bits per heavy atom. The lowest BCUT2D eigenvalue weighted by Gasteiger charge is -2.18. The van der Waals surface area contributed by atoms with Gasteiger partial charge in [0.15, 0.2) is 0 Å². The molecule has 0 fully saturated rings. The molecule has 0 saturated heterocycles. The number of nitrogens with zero attached hydrogens (tertiary/aromatic N) is 1. The normalized spacial score (nSPS) is 10.1. The molecule has 0 bridgehead atoms. The van der Waals surface area contributed by atoms with Gasteiger partial charge in [-0.1, -0.05) is 12.1 Å². The minimum atomic E-state index is -0.123. The Labute approximate surface area is 103 Å². The zero-order chi connectivity index (χ0) is 12.8. The van der Waals surface area contributed by atoms with Crippen LogP contribution in [0.2, 0.25) is 0 Å². The average molecular weight is 235 g/mol. The minimum absolute atomic E-state index is 0.123. The smallest absolute Gasteiger partial charge is 0.306 e. The molecule has 17 heavy (non-hydrogen) atoms. The van der Waals surface area contributed by atoms with Crippen LogP contribution in [-0.4, -0.2) is 26.7 Å². The highest BCUT2D eigenvalue weighted by molar-refractivity contribution is 5.70. The van der Waals surface area contributed by atoms with Crippen molar-refractivity contribution in [3.63, 3.8) is 0 Å². The molecule has 0 amide bonds. The molecule has 0 radical (unpaired) electrons. The molecule has 0 N–H and O–H groups in total. The Balaban J connectivity index is 2.72. The summed E-state index contributed by atoms with van der Waals surface area (Å²) >= 11 is 0. The summed E-state index contributed by atoms with van der Waals surface area (Å²) in [6.07, 6.45) is 1.19. The molecule has 0 unspecified atom stereocenters. The fraction of sp³-hybridized carbons (Fsp3) is 0.500. The van der Waals surface area contributed by atoms with Crippen LogP contribution in [0.25, 0.3) is 0 Å². The molecule has 1 aromatic carbocycles. The molecule has 0 aliphatic heterocycles. The second-order valence-corrected chi connectivity index (χ2v) is 4.26. The fourth-order valence-electron chi connectivity index (χ4n) is 1.90. The van der Waals surface area contributed by atoms with Gasteiger partial charge in [0.05, 0.1) is 6.61 Å². The molecule has 0 atom stereocenters. The third-order valence-corrected chi connectivity index (χ3v) is 2.80. The molecule has 0 aliphatic rings. The predicted octanol–water partition coefficient (Wildman–Crippen LogP) is 2.56. The molecule has 3 heteroatoms. The number of aryl methyl sites for hydroxylation is 1. The predicted molar refractivity (Wildman–Crippen MR) is 70.5 cm³/mol. The summed E-state index contributed by atoms with van der Waals surface area (Å²) in [5.41, 5.74) is 3.65. The van der Waals surface area contributed by atoms with E-state index in [1.54, 1.807) is 0 Å². The topological polar surface area (TPSA) is 29.5 Å². The lowest BCUT2D eigenvalue weighted by molar-refractivity contribution is -0.143. The van der Waals surface area contributed by atoms with Crippen LogP contribution < -0.4 is 4.90 Å².